The Morgan fingerprint density at radius 1 is 1.25 bits per heavy atom. The third-order valence-corrected chi connectivity index (χ3v) is 5.56. The van der Waals surface area contributed by atoms with Crippen LogP contribution in [-0.2, 0) is 9.84 Å². The van der Waals surface area contributed by atoms with E-state index < -0.39 is 26.4 Å². The van der Waals surface area contributed by atoms with Crippen LogP contribution < -0.4 is 5.73 Å². The van der Waals surface area contributed by atoms with E-state index in [1.54, 1.807) is 20.8 Å². The first kappa shape index (κ1) is 13.1. The molecule has 1 aromatic rings. The van der Waals surface area contributed by atoms with Gasteiger partial charge < -0.3 is 5.73 Å². The van der Waals surface area contributed by atoms with Crippen molar-refractivity contribution in [1.29, 1.82) is 0 Å². The van der Waals surface area contributed by atoms with Gasteiger partial charge in [0.1, 0.15) is 5.82 Å². The molecule has 0 aromatic heterocycles. The quantitative estimate of drug-likeness (QED) is 0.825. The van der Waals surface area contributed by atoms with Crippen molar-refractivity contribution in [1.82, 2.24) is 0 Å². The lowest BCUT2D eigenvalue weighted by Gasteiger charge is -2.28. The maximum absolute atomic E-state index is 12.7. The van der Waals surface area contributed by atoms with Gasteiger partial charge in [0.15, 0.2) is 9.84 Å². The van der Waals surface area contributed by atoms with Gasteiger partial charge >= 0.3 is 0 Å². The highest BCUT2D eigenvalue weighted by Gasteiger charge is 2.38. The van der Waals surface area contributed by atoms with Crippen molar-refractivity contribution in [2.24, 2.45) is 5.73 Å². The minimum Gasteiger partial charge on any atom is -0.327 e. The monoisotopic (exact) mass is 245 g/mol. The zero-order valence-electron chi connectivity index (χ0n) is 9.57. The molecule has 0 bridgehead atoms. The molecule has 16 heavy (non-hydrogen) atoms. The van der Waals surface area contributed by atoms with E-state index in [-0.39, 0.29) is 4.90 Å². The fourth-order valence-electron chi connectivity index (χ4n) is 1.16. The molecule has 0 spiro atoms. The van der Waals surface area contributed by atoms with Crippen LogP contribution in [0.5, 0.6) is 0 Å². The van der Waals surface area contributed by atoms with E-state index in [1.807, 2.05) is 0 Å². The molecular formula is C11H16FNO2S. The summed E-state index contributed by atoms with van der Waals surface area (Å²) in [5.41, 5.74) is 5.67. The molecule has 0 saturated carbocycles. The molecule has 0 aliphatic carbocycles. The van der Waals surface area contributed by atoms with E-state index in [1.165, 1.54) is 12.1 Å². The Hall–Kier alpha value is -0.940. The van der Waals surface area contributed by atoms with Crippen molar-refractivity contribution in [3.63, 3.8) is 0 Å². The summed E-state index contributed by atoms with van der Waals surface area (Å²) in [6.45, 7) is 4.77. The van der Waals surface area contributed by atoms with Crippen LogP contribution in [-0.4, -0.2) is 19.2 Å². The summed E-state index contributed by atoms with van der Waals surface area (Å²) in [7, 11) is -3.55. The summed E-state index contributed by atoms with van der Waals surface area (Å²) in [5.74, 6) is -0.461. The number of rotatable bonds is 3. The average Bonchev–Trinajstić information content (AvgIpc) is 2.17. The predicted molar refractivity (Wildman–Crippen MR) is 61.3 cm³/mol. The smallest absolute Gasteiger partial charge is 0.185 e. The topological polar surface area (TPSA) is 60.2 Å². The van der Waals surface area contributed by atoms with Gasteiger partial charge in [0.2, 0.25) is 0 Å². The zero-order chi connectivity index (χ0) is 12.6. The molecule has 90 valence electrons. The van der Waals surface area contributed by atoms with Gasteiger partial charge in [-0.3, -0.25) is 0 Å². The van der Waals surface area contributed by atoms with Crippen LogP contribution in [0.2, 0.25) is 0 Å². The van der Waals surface area contributed by atoms with E-state index in [4.69, 9.17) is 5.73 Å². The normalized spacial score (nSPS) is 14.8. The third-order valence-electron chi connectivity index (χ3n) is 2.91. The first-order valence-corrected chi connectivity index (χ1v) is 6.43. The van der Waals surface area contributed by atoms with Gasteiger partial charge in [-0.25, -0.2) is 12.8 Å². The molecule has 1 atom stereocenters. The van der Waals surface area contributed by atoms with Crippen molar-refractivity contribution < 1.29 is 12.8 Å². The Bertz CT molecular complexity index is 463. The summed E-state index contributed by atoms with van der Waals surface area (Å²) in [6, 6.07) is 4.26. The molecule has 2 N–H and O–H groups in total. The molecule has 1 aromatic carbocycles. The lowest BCUT2D eigenvalue weighted by molar-refractivity contribution is 0.500. The first-order chi connectivity index (χ1) is 7.19. The minimum atomic E-state index is -3.55. The van der Waals surface area contributed by atoms with Gasteiger partial charge in [0.05, 0.1) is 9.64 Å². The van der Waals surface area contributed by atoms with Crippen LogP contribution in [0.15, 0.2) is 29.2 Å². The number of halogens is 1. The van der Waals surface area contributed by atoms with Crippen molar-refractivity contribution >= 4 is 9.84 Å². The van der Waals surface area contributed by atoms with Crippen LogP contribution in [0, 0.1) is 5.82 Å². The van der Waals surface area contributed by atoms with Gasteiger partial charge in [-0.2, -0.15) is 0 Å². The first-order valence-electron chi connectivity index (χ1n) is 4.95. The third kappa shape index (κ3) is 2.10. The minimum absolute atomic E-state index is 0.0937. The maximum atomic E-state index is 12.7. The van der Waals surface area contributed by atoms with Gasteiger partial charge in [0.25, 0.3) is 0 Å². The Morgan fingerprint density at radius 3 is 2.06 bits per heavy atom. The molecule has 1 unspecified atom stereocenters. The largest absolute Gasteiger partial charge is 0.327 e. The van der Waals surface area contributed by atoms with Crippen LogP contribution >= 0.6 is 0 Å². The molecule has 0 saturated heterocycles. The molecule has 0 aliphatic heterocycles. The second-order valence-electron chi connectivity index (χ2n) is 4.35. The molecule has 0 radical (unpaired) electrons. The SMILES string of the molecule is CC(N)C(C)(C)S(=O)(=O)c1ccc(F)cc1. The Kier molecular flexibility index (Phi) is 3.40. The molecule has 1 rings (SSSR count). The summed E-state index contributed by atoms with van der Waals surface area (Å²) in [5, 5.41) is 0. The second kappa shape index (κ2) is 4.14. The summed E-state index contributed by atoms with van der Waals surface area (Å²) >= 11 is 0. The Labute approximate surface area is 95.4 Å². The van der Waals surface area contributed by atoms with Crippen LogP contribution in [0.25, 0.3) is 0 Å². The molecular weight excluding hydrogens is 229 g/mol. The Morgan fingerprint density at radius 2 is 1.69 bits per heavy atom. The van der Waals surface area contributed by atoms with Crippen LogP contribution in [0.4, 0.5) is 4.39 Å². The number of nitrogens with two attached hydrogens (primary N) is 1. The number of sulfone groups is 1. The standard InChI is InChI=1S/C11H16FNO2S/c1-8(13)11(2,3)16(14,15)10-6-4-9(12)5-7-10/h4-8H,13H2,1-3H3. The number of hydrogen-bond donors (Lipinski definition) is 1. The van der Waals surface area contributed by atoms with Gasteiger partial charge in [0, 0.05) is 6.04 Å². The van der Waals surface area contributed by atoms with E-state index in [9.17, 15) is 12.8 Å². The highest BCUT2D eigenvalue weighted by Crippen LogP contribution is 2.27. The van der Waals surface area contributed by atoms with E-state index in [2.05, 4.69) is 0 Å². The lowest BCUT2D eigenvalue weighted by atomic mass is 10.1. The van der Waals surface area contributed by atoms with Gasteiger partial charge in [-0.15, -0.1) is 0 Å². The fourth-order valence-corrected chi connectivity index (χ4v) is 2.75. The highest BCUT2D eigenvalue weighted by atomic mass is 32.2. The van der Waals surface area contributed by atoms with Crippen LogP contribution in [0.1, 0.15) is 20.8 Å². The highest BCUT2D eigenvalue weighted by molar-refractivity contribution is 7.92. The fraction of sp³-hybridized carbons (Fsp3) is 0.455. The Balaban J connectivity index is 3.27. The summed E-state index contributed by atoms with van der Waals surface area (Å²) in [6.07, 6.45) is 0. The zero-order valence-corrected chi connectivity index (χ0v) is 10.4. The molecule has 0 amide bonds. The van der Waals surface area contributed by atoms with Gasteiger partial charge in [-0.05, 0) is 45.0 Å². The van der Waals surface area contributed by atoms with Crippen molar-refractivity contribution in [2.45, 2.75) is 36.5 Å². The maximum Gasteiger partial charge on any atom is 0.185 e. The second-order valence-corrected chi connectivity index (χ2v) is 6.88. The molecule has 0 heterocycles. The van der Waals surface area contributed by atoms with Crippen molar-refractivity contribution in [3.05, 3.63) is 30.1 Å². The molecule has 0 aliphatic rings. The van der Waals surface area contributed by atoms with E-state index in [0.717, 1.165) is 12.1 Å². The number of benzene rings is 1. The van der Waals surface area contributed by atoms with Gasteiger partial charge in [-0.1, -0.05) is 0 Å². The molecule has 0 fully saturated rings. The van der Waals surface area contributed by atoms with Crippen LogP contribution in [0.3, 0.4) is 0 Å². The number of hydrogen-bond acceptors (Lipinski definition) is 3. The molecule has 5 heteroatoms. The van der Waals surface area contributed by atoms with E-state index >= 15 is 0 Å². The summed E-state index contributed by atoms with van der Waals surface area (Å²) in [4.78, 5) is 0.0937. The lowest BCUT2D eigenvalue weighted by Crippen LogP contribution is -2.47. The predicted octanol–water partition coefficient (Wildman–Crippen LogP) is 1.73. The van der Waals surface area contributed by atoms with Crippen molar-refractivity contribution in [2.75, 3.05) is 0 Å². The molecule has 3 nitrogen and oxygen atoms in total. The average molecular weight is 245 g/mol. The summed E-state index contributed by atoms with van der Waals surface area (Å²) < 4.78 is 36.0. The van der Waals surface area contributed by atoms with Crippen molar-refractivity contribution in [3.8, 4) is 0 Å². The van der Waals surface area contributed by atoms with E-state index in [0.29, 0.717) is 0 Å².